The number of oxime groups is 1. The lowest BCUT2D eigenvalue weighted by atomic mass is 10.5. The Morgan fingerprint density at radius 3 is 2.75 bits per heavy atom. The maximum atomic E-state index is 10.8. The van der Waals surface area contributed by atoms with Gasteiger partial charge in [0.05, 0.1) is 6.10 Å². The van der Waals surface area contributed by atoms with Crippen molar-refractivity contribution in [3.8, 4) is 0 Å². The van der Waals surface area contributed by atoms with Crippen LogP contribution in [-0.2, 0) is 13.6 Å². The summed E-state index contributed by atoms with van der Waals surface area (Å²) in [6.45, 7) is 3.27. The van der Waals surface area contributed by atoms with Crippen molar-refractivity contribution in [1.82, 2.24) is 0 Å². The molecule has 0 spiro atoms. The molecular formula is C5H13N2O4P. The van der Waals surface area contributed by atoms with Gasteiger partial charge in [0.1, 0.15) is 6.61 Å². The van der Waals surface area contributed by atoms with Gasteiger partial charge >= 0.3 is 8.25 Å². The first-order valence-electron chi connectivity index (χ1n) is 3.36. The minimum atomic E-state index is -2.52. The highest BCUT2D eigenvalue weighted by Crippen LogP contribution is 2.25. The van der Waals surface area contributed by atoms with Gasteiger partial charge in [0.2, 0.25) is 0 Å². The summed E-state index contributed by atoms with van der Waals surface area (Å²) in [5.41, 5.74) is 5.05. The van der Waals surface area contributed by atoms with Gasteiger partial charge in [-0.1, -0.05) is 5.16 Å². The van der Waals surface area contributed by atoms with Gasteiger partial charge in [-0.05, 0) is 13.8 Å². The molecule has 0 aromatic heterocycles. The Hall–Kier alpha value is -0.580. The Bertz CT molecular complexity index is 182. The van der Waals surface area contributed by atoms with Gasteiger partial charge in [-0.2, -0.15) is 0 Å². The largest absolute Gasteiger partial charge is 0.409 e. The van der Waals surface area contributed by atoms with Gasteiger partial charge in [0.15, 0.2) is 5.84 Å². The van der Waals surface area contributed by atoms with Gasteiger partial charge in [0, 0.05) is 0 Å². The highest BCUT2D eigenvalue weighted by molar-refractivity contribution is 7.33. The van der Waals surface area contributed by atoms with E-state index < -0.39 is 8.25 Å². The number of nitrogens with zero attached hydrogens (tertiary/aromatic N) is 1. The maximum absolute atomic E-state index is 10.8. The Labute approximate surface area is 71.3 Å². The van der Waals surface area contributed by atoms with E-state index in [1.807, 2.05) is 0 Å². The standard InChI is InChI=1S/C5H13N2O4P/c1-4(2)11-12(9)10-3-5(6)7-8/h4,8,12H,3H2,1-2H3,(H2,6,7). The molecule has 6 nitrogen and oxygen atoms in total. The first-order chi connectivity index (χ1) is 5.56. The molecule has 0 saturated carbocycles. The van der Waals surface area contributed by atoms with Gasteiger partial charge < -0.3 is 20.0 Å². The van der Waals surface area contributed by atoms with E-state index in [0.29, 0.717) is 0 Å². The minimum Gasteiger partial charge on any atom is -0.409 e. The van der Waals surface area contributed by atoms with Crippen molar-refractivity contribution in [1.29, 1.82) is 0 Å². The second-order valence-electron chi connectivity index (χ2n) is 2.30. The zero-order valence-electron chi connectivity index (χ0n) is 6.98. The first-order valence-corrected chi connectivity index (χ1v) is 4.58. The van der Waals surface area contributed by atoms with Crippen LogP contribution in [0.3, 0.4) is 0 Å². The van der Waals surface area contributed by atoms with Crippen LogP contribution >= 0.6 is 8.25 Å². The molecule has 0 saturated heterocycles. The van der Waals surface area contributed by atoms with Crippen LogP contribution in [0.1, 0.15) is 13.8 Å². The second kappa shape index (κ2) is 5.99. The summed E-state index contributed by atoms with van der Waals surface area (Å²) in [4.78, 5) is 0. The molecule has 3 N–H and O–H groups in total. The van der Waals surface area contributed by atoms with Crippen LogP contribution in [0.5, 0.6) is 0 Å². The van der Waals surface area contributed by atoms with E-state index in [0.717, 1.165) is 0 Å². The molecule has 0 aromatic carbocycles. The van der Waals surface area contributed by atoms with Gasteiger partial charge in [-0.3, -0.25) is 4.57 Å². The van der Waals surface area contributed by atoms with Crippen LogP contribution in [0, 0.1) is 0 Å². The molecule has 12 heavy (non-hydrogen) atoms. The molecule has 72 valence electrons. The van der Waals surface area contributed by atoms with Crippen molar-refractivity contribution in [2.24, 2.45) is 10.9 Å². The number of hydrogen-bond acceptors (Lipinski definition) is 5. The summed E-state index contributed by atoms with van der Waals surface area (Å²) in [6, 6.07) is 0. The molecule has 0 heterocycles. The average molecular weight is 196 g/mol. The fourth-order valence-corrected chi connectivity index (χ4v) is 1.11. The molecule has 0 radical (unpaired) electrons. The van der Waals surface area contributed by atoms with E-state index in [-0.39, 0.29) is 18.5 Å². The van der Waals surface area contributed by atoms with Crippen LogP contribution in [0.15, 0.2) is 5.16 Å². The summed E-state index contributed by atoms with van der Waals surface area (Å²) in [7, 11) is -2.52. The molecule has 7 heteroatoms. The van der Waals surface area contributed by atoms with E-state index in [1.165, 1.54) is 0 Å². The highest BCUT2D eigenvalue weighted by Gasteiger charge is 2.03. The molecule has 1 atom stereocenters. The zero-order chi connectivity index (χ0) is 9.56. The SMILES string of the molecule is CC(C)O[PH](=O)OCC(N)=NO. The van der Waals surface area contributed by atoms with Gasteiger partial charge in [-0.15, -0.1) is 0 Å². The average Bonchev–Trinajstić information content (AvgIpc) is 1.99. The van der Waals surface area contributed by atoms with Crippen molar-refractivity contribution < 1.29 is 18.8 Å². The Morgan fingerprint density at radius 2 is 2.33 bits per heavy atom. The topological polar surface area (TPSA) is 94.1 Å². The third-order valence-corrected chi connectivity index (χ3v) is 1.84. The minimum absolute atomic E-state index is 0.138. The van der Waals surface area contributed by atoms with Gasteiger partial charge in [0.25, 0.3) is 0 Å². The first kappa shape index (κ1) is 11.4. The predicted octanol–water partition coefficient (Wildman–Crippen LogP) is 0.564. The molecule has 0 rings (SSSR count). The molecule has 0 amide bonds. The molecular weight excluding hydrogens is 183 g/mol. The number of hydrogen-bond donors (Lipinski definition) is 2. The smallest absolute Gasteiger partial charge is 0.319 e. The fraction of sp³-hybridized carbons (Fsp3) is 0.800. The van der Waals surface area contributed by atoms with E-state index in [4.69, 9.17) is 15.5 Å². The lowest BCUT2D eigenvalue weighted by Crippen LogP contribution is -2.17. The Balaban J connectivity index is 3.58. The molecule has 0 aliphatic heterocycles. The third kappa shape index (κ3) is 6.15. The predicted molar refractivity (Wildman–Crippen MR) is 44.6 cm³/mol. The van der Waals surface area contributed by atoms with Crippen LogP contribution in [-0.4, -0.2) is 23.8 Å². The lowest BCUT2D eigenvalue weighted by molar-refractivity contribution is 0.198. The van der Waals surface area contributed by atoms with E-state index >= 15 is 0 Å². The third-order valence-electron chi connectivity index (χ3n) is 0.798. The normalized spacial score (nSPS) is 15.1. The van der Waals surface area contributed by atoms with Crippen molar-refractivity contribution in [3.05, 3.63) is 0 Å². The van der Waals surface area contributed by atoms with Crippen molar-refractivity contribution in [2.45, 2.75) is 20.0 Å². The summed E-state index contributed by atoms with van der Waals surface area (Å²) in [6.07, 6.45) is -0.163. The van der Waals surface area contributed by atoms with E-state index in [1.54, 1.807) is 13.8 Å². The second-order valence-corrected chi connectivity index (χ2v) is 3.32. The number of amidine groups is 1. The molecule has 0 bridgehead atoms. The van der Waals surface area contributed by atoms with Crippen molar-refractivity contribution in [3.63, 3.8) is 0 Å². The fourth-order valence-electron chi connectivity index (χ4n) is 0.388. The van der Waals surface area contributed by atoms with Crippen LogP contribution < -0.4 is 5.73 Å². The molecule has 0 aliphatic carbocycles. The van der Waals surface area contributed by atoms with Crippen LogP contribution in [0.2, 0.25) is 0 Å². The molecule has 0 aromatic rings. The number of rotatable bonds is 5. The Morgan fingerprint density at radius 1 is 1.75 bits per heavy atom. The maximum Gasteiger partial charge on any atom is 0.319 e. The summed E-state index contributed by atoms with van der Waals surface area (Å²) < 4.78 is 20.2. The summed E-state index contributed by atoms with van der Waals surface area (Å²) in [5.74, 6) is -0.138. The number of nitrogens with two attached hydrogens (primary N) is 1. The summed E-state index contributed by atoms with van der Waals surface area (Å²) >= 11 is 0. The monoisotopic (exact) mass is 196 g/mol. The summed E-state index contributed by atoms with van der Waals surface area (Å²) in [5, 5.41) is 10.7. The van der Waals surface area contributed by atoms with E-state index in [2.05, 4.69) is 9.68 Å². The Kier molecular flexibility index (Phi) is 5.70. The van der Waals surface area contributed by atoms with Crippen LogP contribution in [0.25, 0.3) is 0 Å². The van der Waals surface area contributed by atoms with Crippen molar-refractivity contribution >= 4 is 14.1 Å². The quantitative estimate of drug-likeness (QED) is 0.220. The molecule has 0 aliphatic rings. The highest BCUT2D eigenvalue weighted by atomic mass is 31.1. The molecule has 0 fully saturated rings. The van der Waals surface area contributed by atoms with Crippen LogP contribution in [0.4, 0.5) is 0 Å². The van der Waals surface area contributed by atoms with E-state index in [9.17, 15) is 4.57 Å². The molecule has 1 unspecified atom stereocenters. The lowest BCUT2D eigenvalue weighted by Gasteiger charge is -2.06. The van der Waals surface area contributed by atoms with Gasteiger partial charge in [-0.25, -0.2) is 0 Å². The zero-order valence-corrected chi connectivity index (χ0v) is 7.98. The van der Waals surface area contributed by atoms with Crippen molar-refractivity contribution in [2.75, 3.05) is 6.61 Å².